The molecule has 1 unspecified atom stereocenters. The molecule has 0 bridgehead atoms. The summed E-state index contributed by atoms with van der Waals surface area (Å²) in [7, 11) is 0. The Kier molecular flexibility index (Phi) is 5.63. The second kappa shape index (κ2) is 7.46. The molecule has 0 saturated carbocycles. The van der Waals surface area contributed by atoms with Crippen LogP contribution in [0.2, 0.25) is 0 Å². The van der Waals surface area contributed by atoms with Gasteiger partial charge in [-0.1, -0.05) is 0 Å². The molecular weight excluding hydrogens is 407 g/mol. The number of aliphatic hydroxyl groups is 5. The lowest BCUT2D eigenvalue weighted by Crippen LogP contribution is -2.70. The van der Waals surface area contributed by atoms with Crippen LogP contribution in [-0.2, 0) is 15.2 Å². The number of anilines is 1. The standard InChI is InChI=1S/C15H20F3N3O8/c16-9-8(24)11(28-4-14(9,27)12(17)18)15(10(25)7(23)5(3-22)29-15)21-2-1-6(19)20-13(21)26/h1-2,5,7-12,22-25,27H,3-4H2,(H2,19,20,26)/t5-,7-,8-,9-,10-,11?,14-,15+/m1/s1. The third kappa shape index (κ3) is 3.11. The van der Waals surface area contributed by atoms with E-state index in [0.29, 0.717) is 4.57 Å². The van der Waals surface area contributed by atoms with E-state index in [9.17, 15) is 43.5 Å². The Morgan fingerprint density at radius 2 is 2.00 bits per heavy atom. The second-order valence-electron chi connectivity index (χ2n) is 6.95. The molecule has 2 saturated heterocycles. The van der Waals surface area contributed by atoms with Crippen LogP contribution in [0.1, 0.15) is 0 Å². The Hall–Kier alpha value is -1.81. The molecule has 3 rings (SSSR count). The monoisotopic (exact) mass is 427 g/mol. The maximum absolute atomic E-state index is 14.6. The van der Waals surface area contributed by atoms with E-state index in [1.807, 2.05) is 0 Å². The minimum absolute atomic E-state index is 0.242. The Balaban J connectivity index is 2.14. The smallest absolute Gasteiger partial charge is 0.352 e. The van der Waals surface area contributed by atoms with Crippen molar-refractivity contribution in [1.82, 2.24) is 9.55 Å². The molecule has 14 heteroatoms. The lowest BCUT2D eigenvalue weighted by molar-refractivity contribution is -0.314. The van der Waals surface area contributed by atoms with Gasteiger partial charge in [0.25, 0.3) is 6.43 Å². The van der Waals surface area contributed by atoms with Gasteiger partial charge in [-0.25, -0.2) is 18.0 Å². The zero-order valence-corrected chi connectivity index (χ0v) is 14.7. The second-order valence-corrected chi connectivity index (χ2v) is 6.95. The lowest BCUT2D eigenvalue weighted by atomic mass is 9.83. The molecule has 0 spiro atoms. The predicted octanol–water partition coefficient (Wildman–Crippen LogP) is -3.31. The molecule has 8 atom stereocenters. The lowest BCUT2D eigenvalue weighted by Gasteiger charge is -2.48. The van der Waals surface area contributed by atoms with Gasteiger partial charge in [0.15, 0.2) is 11.8 Å². The van der Waals surface area contributed by atoms with Gasteiger partial charge in [-0.05, 0) is 6.07 Å². The fraction of sp³-hybridized carbons (Fsp3) is 0.733. The highest BCUT2D eigenvalue weighted by atomic mass is 19.3. The van der Waals surface area contributed by atoms with E-state index < -0.39 is 73.3 Å². The molecule has 0 aliphatic carbocycles. The van der Waals surface area contributed by atoms with Crippen LogP contribution in [0.25, 0.3) is 0 Å². The molecular formula is C15H20F3N3O8. The minimum atomic E-state index is -3.63. The van der Waals surface area contributed by atoms with Crippen molar-refractivity contribution in [2.45, 2.75) is 54.4 Å². The first kappa shape index (κ1) is 21.9. The van der Waals surface area contributed by atoms with Crippen LogP contribution in [-0.4, -0.2) is 97.0 Å². The van der Waals surface area contributed by atoms with Gasteiger partial charge in [0.2, 0.25) is 5.72 Å². The molecule has 1 aromatic rings. The van der Waals surface area contributed by atoms with Gasteiger partial charge >= 0.3 is 5.69 Å². The van der Waals surface area contributed by atoms with Crippen molar-refractivity contribution in [2.24, 2.45) is 0 Å². The molecule has 7 N–H and O–H groups in total. The topological polar surface area (TPSA) is 181 Å². The predicted molar refractivity (Wildman–Crippen MR) is 86.5 cm³/mol. The summed E-state index contributed by atoms with van der Waals surface area (Å²) in [6.45, 7) is -2.19. The molecule has 2 aliphatic rings. The number of ether oxygens (including phenoxy) is 2. The van der Waals surface area contributed by atoms with E-state index in [2.05, 4.69) is 4.98 Å². The summed E-state index contributed by atoms with van der Waals surface area (Å²) in [4.78, 5) is 15.8. The number of nitrogens with zero attached hydrogens (tertiary/aromatic N) is 2. The van der Waals surface area contributed by atoms with Crippen molar-refractivity contribution in [3.63, 3.8) is 0 Å². The maximum Gasteiger partial charge on any atom is 0.352 e. The van der Waals surface area contributed by atoms with E-state index >= 15 is 0 Å². The van der Waals surface area contributed by atoms with E-state index in [1.165, 1.54) is 0 Å². The van der Waals surface area contributed by atoms with Gasteiger partial charge in [0.1, 0.15) is 36.3 Å². The van der Waals surface area contributed by atoms with Crippen molar-refractivity contribution in [2.75, 3.05) is 18.9 Å². The number of aliphatic hydroxyl groups excluding tert-OH is 4. The molecule has 29 heavy (non-hydrogen) atoms. The highest BCUT2D eigenvalue weighted by Crippen LogP contribution is 2.44. The Labute approximate surface area is 160 Å². The van der Waals surface area contributed by atoms with Crippen LogP contribution in [0.15, 0.2) is 17.1 Å². The van der Waals surface area contributed by atoms with Gasteiger partial charge in [0, 0.05) is 6.20 Å². The minimum Gasteiger partial charge on any atom is -0.394 e. The zero-order chi connectivity index (χ0) is 21.7. The summed E-state index contributed by atoms with van der Waals surface area (Å²) in [6, 6.07) is 1.08. The van der Waals surface area contributed by atoms with Gasteiger partial charge in [-0.3, -0.25) is 4.57 Å². The first-order valence-corrected chi connectivity index (χ1v) is 8.45. The molecule has 2 fully saturated rings. The number of rotatable bonds is 4. The van der Waals surface area contributed by atoms with Gasteiger partial charge in [-0.2, -0.15) is 4.98 Å². The summed E-state index contributed by atoms with van der Waals surface area (Å²) in [6.07, 6.45) is -15.7. The number of aromatic nitrogens is 2. The van der Waals surface area contributed by atoms with Gasteiger partial charge < -0.3 is 40.7 Å². The van der Waals surface area contributed by atoms with Crippen LogP contribution < -0.4 is 11.4 Å². The molecule has 0 radical (unpaired) electrons. The average Bonchev–Trinajstić information content (AvgIpc) is 2.91. The molecule has 11 nitrogen and oxygen atoms in total. The molecule has 3 heterocycles. The van der Waals surface area contributed by atoms with Crippen LogP contribution in [0.4, 0.5) is 19.0 Å². The quantitative estimate of drug-likeness (QED) is 0.285. The summed E-state index contributed by atoms with van der Waals surface area (Å²) in [5.74, 6) is -0.242. The van der Waals surface area contributed by atoms with Gasteiger partial charge in [0.05, 0.1) is 13.2 Å². The van der Waals surface area contributed by atoms with Crippen molar-refractivity contribution in [3.8, 4) is 0 Å². The highest BCUT2D eigenvalue weighted by molar-refractivity contribution is 5.24. The van der Waals surface area contributed by atoms with Crippen molar-refractivity contribution in [1.29, 1.82) is 0 Å². The molecule has 0 amide bonds. The first-order valence-electron chi connectivity index (χ1n) is 8.45. The largest absolute Gasteiger partial charge is 0.394 e. The highest BCUT2D eigenvalue weighted by Gasteiger charge is 2.67. The SMILES string of the molecule is Nc1ccn([C@]2(C3OC[C@](O)(C(F)F)[C@H](F)[C@H]3O)O[C@H](CO)[C@@H](O)[C@H]2O)c(=O)n1. The fourth-order valence-electron chi connectivity index (χ4n) is 3.63. The summed E-state index contributed by atoms with van der Waals surface area (Å²) in [5, 5.41) is 50.3. The van der Waals surface area contributed by atoms with E-state index in [4.69, 9.17) is 15.2 Å². The van der Waals surface area contributed by atoms with Crippen molar-refractivity contribution < 1.29 is 48.2 Å². The zero-order valence-electron chi connectivity index (χ0n) is 14.7. The third-order valence-corrected chi connectivity index (χ3v) is 5.22. The Morgan fingerprint density at radius 3 is 2.52 bits per heavy atom. The summed E-state index contributed by atoms with van der Waals surface area (Å²) < 4.78 is 51.8. The third-order valence-electron chi connectivity index (χ3n) is 5.22. The van der Waals surface area contributed by atoms with Crippen molar-refractivity contribution >= 4 is 5.82 Å². The van der Waals surface area contributed by atoms with Crippen LogP contribution in [0.3, 0.4) is 0 Å². The number of halogens is 3. The molecule has 0 aromatic carbocycles. The van der Waals surface area contributed by atoms with E-state index in [1.54, 1.807) is 0 Å². The van der Waals surface area contributed by atoms with E-state index in [0.717, 1.165) is 12.3 Å². The number of nitrogens with two attached hydrogens (primary N) is 1. The van der Waals surface area contributed by atoms with Crippen LogP contribution in [0, 0.1) is 0 Å². The normalized spacial score (nSPS) is 43.1. The van der Waals surface area contributed by atoms with Crippen LogP contribution in [0.5, 0.6) is 0 Å². The average molecular weight is 427 g/mol. The number of hydrogen-bond acceptors (Lipinski definition) is 10. The van der Waals surface area contributed by atoms with Gasteiger partial charge in [-0.15, -0.1) is 0 Å². The Morgan fingerprint density at radius 1 is 1.34 bits per heavy atom. The summed E-state index contributed by atoms with van der Waals surface area (Å²) >= 11 is 0. The molecule has 164 valence electrons. The molecule has 2 aliphatic heterocycles. The number of hydrogen-bond donors (Lipinski definition) is 6. The number of nitrogen functional groups attached to an aromatic ring is 1. The fourth-order valence-corrected chi connectivity index (χ4v) is 3.63. The number of alkyl halides is 3. The molecule has 1 aromatic heterocycles. The first-order chi connectivity index (χ1) is 13.5. The summed E-state index contributed by atoms with van der Waals surface area (Å²) in [5.41, 5.74) is -1.71. The van der Waals surface area contributed by atoms with Crippen molar-refractivity contribution in [3.05, 3.63) is 22.7 Å². The maximum atomic E-state index is 14.6. The Bertz CT molecular complexity index is 815. The van der Waals surface area contributed by atoms with Crippen LogP contribution >= 0.6 is 0 Å². The van der Waals surface area contributed by atoms with E-state index in [-0.39, 0.29) is 5.82 Å².